The average molecular weight is 2130 g/mol. The van der Waals surface area contributed by atoms with Crippen LogP contribution in [0.15, 0.2) is 0 Å². The number of esters is 8. The maximum absolute atomic E-state index is 13.5. The van der Waals surface area contributed by atoms with Crippen molar-refractivity contribution >= 4 is 47.8 Å². The largest absolute Gasteiger partial charge is 0.465 e. The molecule has 1 heterocycles. The van der Waals surface area contributed by atoms with Gasteiger partial charge in [0.25, 0.3) is 0 Å². The Morgan fingerprint density at radius 2 is 0.320 bits per heavy atom. The molecule has 1 saturated heterocycles. The molecule has 24 heteroatoms. The molecule has 4 N–H and O–H groups in total. The van der Waals surface area contributed by atoms with Gasteiger partial charge in [-0.2, -0.15) is 0 Å². The Bertz CT molecular complexity index is 2640. The number of carbonyl (C=O) groups excluding carboxylic acids is 8. The molecule has 0 aliphatic carbocycles. The molecule has 0 radical (unpaired) electrons. The molecular formula is C126H240N4O20. The predicted molar refractivity (Wildman–Crippen MR) is 615 cm³/mol. The molecule has 0 aromatic carbocycles. The van der Waals surface area contributed by atoms with E-state index in [4.69, 9.17) is 37.9 Å². The van der Waals surface area contributed by atoms with Gasteiger partial charge in [-0.3, -0.25) is 58.0 Å². The van der Waals surface area contributed by atoms with E-state index in [-0.39, 0.29) is 126 Å². The van der Waals surface area contributed by atoms with Crippen LogP contribution < -0.4 is 0 Å². The van der Waals surface area contributed by atoms with Crippen LogP contribution in [-0.2, 0) is 76.3 Å². The highest BCUT2D eigenvalue weighted by molar-refractivity contribution is 5.74. The predicted octanol–water partition coefficient (Wildman–Crippen LogP) is 29.6. The standard InChI is InChI=1S/C126H240N4O20/c1-9-17-25-33-41-45-53-65-83-111(79-61-49-37-29-21-13-5)123(139)143-99-73-57-69-87-119(135)147-107-115(131)103-127-91-77-92-129(105-117(133)109-149-121(137)89-71-59-75-101-145-125(141)113(81-63-51-39-31-23-15-7)85-67-55-47-43-35-27-19-11-3)97-98-130(106-118(134)110-150-122(138)90-72-60-76-102-146-126(142)114(82-64-52-40-32-24-16-8)86-68-56-48-44-36-28-20-12-4)94-78-93-128(96-95-127)104-116(132)108-148-120(136)88-70-58-74-100-144-124(140)112(80-62-50-38-30-22-14-6)84-66-54-46-42-34-26-18-10-2/h111-118,131-134H,9-110H2,1-8H3. The molecule has 1 aliphatic rings. The molecule has 8 unspecified atom stereocenters. The first-order valence-electron chi connectivity index (χ1n) is 64.2. The number of hydrogen-bond acceptors (Lipinski definition) is 24. The number of aliphatic hydroxyl groups excluding tert-OH is 4. The highest BCUT2D eigenvalue weighted by Gasteiger charge is 2.28. The molecule has 0 saturated carbocycles. The molecule has 1 fully saturated rings. The third kappa shape index (κ3) is 92.4. The molecule has 0 bridgehead atoms. The summed E-state index contributed by atoms with van der Waals surface area (Å²) in [5.74, 6) is -2.40. The van der Waals surface area contributed by atoms with Gasteiger partial charge < -0.3 is 58.3 Å². The van der Waals surface area contributed by atoms with Crippen LogP contribution in [0.1, 0.15) is 582 Å². The van der Waals surface area contributed by atoms with Gasteiger partial charge in [0, 0.05) is 78.0 Å². The van der Waals surface area contributed by atoms with E-state index in [1.807, 2.05) is 0 Å². The van der Waals surface area contributed by atoms with Crippen LogP contribution in [0, 0.1) is 23.7 Å². The highest BCUT2D eigenvalue weighted by Crippen LogP contribution is 2.29. The zero-order valence-electron chi connectivity index (χ0n) is 98.9. The number of ether oxygens (including phenoxy) is 8. The lowest BCUT2D eigenvalue weighted by Gasteiger charge is -2.34. The summed E-state index contributed by atoms with van der Waals surface area (Å²) >= 11 is 0. The Morgan fingerprint density at radius 1 is 0.180 bits per heavy atom. The summed E-state index contributed by atoms with van der Waals surface area (Å²) in [4.78, 5) is 116. The average Bonchev–Trinajstić information content (AvgIpc) is 0.881. The topological polar surface area (TPSA) is 304 Å². The van der Waals surface area contributed by atoms with Gasteiger partial charge in [-0.1, -0.05) is 415 Å². The summed E-state index contributed by atoms with van der Waals surface area (Å²) in [6.07, 6.45) is 79.1. The number of β-amino-alcohol motifs (C(OH)–C–C–N with tert-alkyl or cyclic N) is 4. The fraction of sp³-hybridized carbons (Fsp3) is 0.937. The van der Waals surface area contributed by atoms with Crippen LogP contribution in [0.3, 0.4) is 0 Å². The van der Waals surface area contributed by atoms with Gasteiger partial charge in [0.1, 0.15) is 50.8 Å². The first-order valence-corrected chi connectivity index (χ1v) is 64.2. The van der Waals surface area contributed by atoms with E-state index in [9.17, 15) is 58.8 Å². The van der Waals surface area contributed by atoms with E-state index < -0.39 is 48.3 Å². The number of aliphatic hydroxyl groups is 4. The zero-order valence-corrected chi connectivity index (χ0v) is 98.9. The third-order valence-electron chi connectivity index (χ3n) is 30.6. The lowest BCUT2D eigenvalue weighted by molar-refractivity contribution is -0.150. The van der Waals surface area contributed by atoms with Crippen molar-refractivity contribution < 1.29 is 96.7 Å². The van der Waals surface area contributed by atoms with E-state index in [0.717, 1.165) is 154 Å². The van der Waals surface area contributed by atoms with Crippen molar-refractivity contribution in [3.63, 3.8) is 0 Å². The Hall–Kier alpha value is -4.56. The van der Waals surface area contributed by atoms with Crippen molar-refractivity contribution in [1.82, 2.24) is 19.6 Å². The smallest absolute Gasteiger partial charge is 0.308 e. The van der Waals surface area contributed by atoms with Gasteiger partial charge >= 0.3 is 47.8 Å². The third-order valence-corrected chi connectivity index (χ3v) is 30.6. The van der Waals surface area contributed by atoms with Crippen molar-refractivity contribution in [2.45, 2.75) is 606 Å². The van der Waals surface area contributed by atoms with Gasteiger partial charge in [-0.05, 0) is 167 Å². The number of rotatable bonds is 108. The van der Waals surface area contributed by atoms with E-state index in [2.05, 4.69) is 75.0 Å². The highest BCUT2D eigenvalue weighted by atomic mass is 16.6. The molecule has 8 atom stereocenters. The maximum Gasteiger partial charge on any atom is 0.308 e. The second-order valence-electron chi connectivity index (χ2n) is 45.2. The quantitative estimate of drug-likeness (QED) is 0.0250. The van der Waals surface area contributed by atoms with E-state index in [0.29, 0.717) is 169 Å². The van der Waals surface area contributed by atoms with Gasteiger partial charge in [-0.25, -0.2) is 0 Å². The molecule has 24 nitrogen and oxygen atoms in total. The summed E-state index contributed by atoms with van der Waals surface area (Å²) in [5, 5.41) is 47.1. The van der Waals surface area contributed by atoms with E-state index in [1.54, 1.807) is 0 Å². The lowest BCUT2D eigenvalue weighted by atomic mass is 9.94. The molecule has 0 aromatic heterocycles. The minimum atomic E-state index is -1.05. The van der Waals surface area contributed by atoms with Crippen molar-refractivity contribution in [2.75, 3.05) is 131 Å². The minimum Gasteiger partial charge on any atom is -0.465 e. The minimum absolute atomic E-state index is 0.0823. The molecule has 884 valence electrons. The molecule has 0 amide bonds. The van der Waals surface area contributed by atoms with Crippen LogP contribution in [0.2, 0.25) is 0 Å². The van der Waals surface area contributed by atoms with Gasteiger partial charge in [0.2, 0.25) is 0 Å². The second kappa shape index (κ2) is 109. The SMILES string of the molecule is CCCCCCCCCCC(CCCCCCCC)C(=O)OCCCCCC(=O)OCC(O)CN1CCCN(CC(O)COC(=O)CCCCCOC(=O)C(CCCCCCCC)CCCCCCCCCC)CCN(CC(O)COC(=O)CCCCCOC(=O)C(CCCCCCCC)CCCCCCCCCC)CCCN(CC(O)COC(=O)CCCCCOC(=O)C(CCCCCCCC)CCCCCCCCCC)CC1. The first-order chi connectivity index (χ1) is 73.2. The summed E-state index contributed by atoms with van der Waals surface area (Å²) in [6.45, 7) is 22.5. The second-order valence-corrected chi connectivity index (χ2v) is 45.2. The van der Waals surface area contributed by atoms with Gasteiger partial charge in [0.05, 0.1) is 50.1 Å². The van der Waals surface area contributed by atoms with Crippen LogP contribution in [0.5, 0.6) is 0 Å². The summed E-state index contributed by atoms with van der Waals surface area (Å²) in [5.41, 5.74) is 0. The monoisotopic (exact) mass is 2130 g/mol. The molecule has 1 aliphatic heterocycles. The molecule has 0 spiro atoms. The molecular weight excluding hydrogens is 1890 g/mol. The number of nitrogens with zero attached hydrogens (tertiary/aromatic N) is 4. The summed E-state index contributed by atoms with van der Waals surface area (Å²) in [7, 11) is 0. The fourth-order valence-electron chi connectivity index (χ4n) is 20.9. The molecule has 150 heavy (non-hydrogen) atoms. The fourth-order valence-corrected chi connectivity index (χ4v) is 20.9. The van der Waals surface area contributed by atoms with Gasteiger partial charge in [0.15, 0.2) is 0 Å². The van der Waals surface area contributed by atoms with Crippen molar-refractivity contribution in [2.24, 2.45) is 23.7 Å². The van der Waals surface area contributed by atoms with Crippen LogP contribution in [0.4, 0.5) is 0 Å². The first kappa shape index (κ1) is 143. The van der Waals surface area contributed by atoms with Crippen LogP contribution in [0.25, 0.3) is 0 Å². The Morgan fingerprint density at radius 3 is 0.473 bits per heavy atom. The molecule has 1 rings (SSSR count). The van der Waals surface area contributed by atoms with E-state index in [1.165, 1.54) is 257 Å². The molecule has 0 aromatic rings. The normalized spacial score (nSPS) is 15.0. The van der Waals surface area contributed by atoms with Crippen LogP contribution >= 0.6 is 0 Å². The lowest BCUT2D eigenvalue weighted by Crippen LogP contribution is -2.47. The number of hydrogen-bond donors (Lipinski definition) is 4. The van der Waals surface area contributed by atoms with E-state index >= 15 is 0 Å². The van der Waals surface area contributed by atoms with Gasteiger partial charge in [-0.15, -0.1) is 0 Å². The number of unbranched alkanes of at least 4 members (excludes halogenated alkanes) is 56. The Labute approximate surface area is 920 Å². The summed E-state index contributed by atoms with van der Waals surface area (Å²) < 4.78 is 46.6. The zero-order chi connectivity index (χ0) is 109. The Balaban J connectivity index is 3.47. The van der Waals surface area contributed by atoms with Crippen LogP contribution in [-0.4, -0.2) is 244 Å². The Kier molecular flexibility index (Phi) is 104. The van der Waals surface area contributed by atoms with Crippen molar-refractivity contribution in [1.29, 1.82) is 0 Å². The summed E-state index contributed by atoms with van der Waals surface area (Å²) in [6, 6.07) is 0. The van der Waals surface area contributed by atoms with Crippen molar-refractivity contribution in [3.8, 4) is 0 Å². The maximum atomic E-state index is 13.5. The number of carbonyl (C=O) groups is 8. The van der Waals surface area contributed by atoms with Crippen molar-refractivity contribution in [3.05, 3.63) is 0 Å².